The molecular weight excluding hydrogens is 959 g/mol. The molecule has 1 aliphatic carbocycles. The summed E-state index contributed by atoms with van der Waals surface area (Å²) in [6, 6.07) is 15.9. The number of halogens is 2. The second-order valence-corrected chi connectivity index (χ2v) is 21.7. The van der Waals surface area contributed by atoms with Gasteiger partial charge in [0.25, 0.3) is 0 Å². The highest BCUT2D eigenvalue weighted by molar-refractivity contribution is 6.02. The van der Waals surface area contributed by atoms with Crippen molar-refractivity contribution in [3.05, 3.63) is 88.0 Å². The highest BCUT2D eigenvalue weighted by Crippen LogP contribution is 2.53. The van der Waals surface area contributed by atoms with Crippen LogP contribution in [-0.2, 0) is 32.6 Å². The number of ether oxygens (including phenoxy) is 2. The van der Waals surface area contributed by atoms with E-state index in [-0.39, 0.29) is 40.8 Å². The Balaban J connectivity index is 0.000000134. The zero-order valence-electron chi connectivity index (χ0n) is 42.8. The van der Waals surface area contributed by atoms with Crippen LogP contribution in [0.15, 0.2) is 59.5 Å². The van der Waals surface area contributed by atoms with Crippen molar-refractivity contribution >= 4 is 56.8 Å². The number of imide groups is 1. The third kappa shape index (κ3) is 9.41. The Labute approximate surface area is 434 Å². The van der Waals surface area contributed by atoms with Crippen LogP contribution in [0.3, 0.4) is 0 Å². The summed E-state index contributed by atoms with van der Waals surface area (Å²) in [4.78, 5) is 67.6. The number of methoxy groups -OCH3 is 2. The summed E-state index contributed by atoms with van der Waals surface area (Å²) >= 11 is 0. The number of nitrogens with zero attached hydrogens (tertiary/aromatic N) is 8. The number of aromatic nitrogens is 5. The van der Waals surface area contributed by atoms with E-state index in [0.717, 1.165) is 93.6 Å². The number of hydrogen-bond acceptors (Lipinski definition) is 12. The molecule has 3 amide bonds. The first-order chi connectivity index (χ1) is 36.4. The number of aryl methyl sites for hydroxylation is 2. The van der Waals surface area contributed by atoms with Crippen LogP contribution in [0.25, 0.3) is 44.0 Å². The van der Waals surface area contributed by atoms with Gasteiger partial charge in [-0.05, 0) is 106 Å². The standard InChI is InChI=1S/C26H21F2N5O.C22H26N4O4.C9H17NO/c1-3-17-20(27)10-7-14-5-4-6-18(21(14)17)23-22(28)24-19(11-29-23)25(32-26(31-24)34-2)33-12-15-8-9-16(13-33)30-15;1-24-19-15(6-5-14-9-22(10-14)11-25(12-22)13-27)3-2-4-16(19)26(21(24)30)17-7-8-18(28)23-20(17)29;1-11-7-9-5-4-8-3-2-6-10(8)9/h1,4-7,10-11,15-16,30H,8-9,12-13H2,2H3;2-4,13-14,17H,5-12H2,1H3,(H,23,28,29);8-9H,2-7H2,1H3. The predicted octanol–water partition coefficient (Wildman–Crippen LogP) is 6.43. The number of imidazole rings is 1. The van der Waals surface area contributed by atoms with E-state index in [9.17, 15) is 23.6 Å². The van der Waals surface area contributed by atoms with Gasteiger partial charge in [-0.2, -0.15) is 9.97 Å². The third-order valence-electron chi connectivity index (χ3n) is 17.0. The molecule has 6 aromatic rings. The maximum atomic E-state index is 16.1. The Morgan fingerprint density at radius 2 is 1.73 bits per heavy atom. The number of carbonyl (C=O) groups is 3. The highest BCUT2D eigenvalue weighted by Gasteiger charge is 2.51. The Morgan fingerprint density at radius 3 is 2.47 bits per heavy atom. The van der Waals surface area contributed by atoms with Crippen LogP contribution in [0.2, 0.25) is 0 Å². The number of hydrogen-bond donors (Lipinski definition) is 2. The lowest BCUT2D eigenvalue weighted by molar-refractivity contribution is -0.141. The van der Waals surface area contributed by atoms with Crippen LogP contribution in [0.4, 0.5) is 14.6 Å². The number of rotatable bonds is 10. The smallest absolute Gasteiger partial charge is 0.329 e. The molecule has 13 rings (SSSR count). The Kier molecular flexibility index (Phi) is 13.9. The highest BCUT2D eigenvalue weighted by atomic mass is 19.1. The van der Waals surface area contributed by atoms with Crippen molar-refractivity contribution in [3.63, 3.8) is 0 Å². The van der Waals surface area contributed by atoms with Gasteiger partial charge < -0.3 is 24.6 Å². The Bertz CT molecular complexity index is 3290. The van der Waals surface area contributed by atoms with Gasteiger partial charge in [-0.1, -0.05) is 42.3 Å². The quantitative estimate of drug-likeness (QED) is 0.0878. The van der Waals surface area contributed by atoms with Crippen molar-refractivity contribution in [2.24, 2.45) is 18.4 Å². The number of benzene rings is 3. The van der Waals surface area contributed by atoms with E-state index in [1.165, 1.54) is 58.2 Å². The van der Waals surface area contributed by atoms with Gasteiger partial charge in [-0.3, -0.25) is 38.7 Å². The van der Waals surface area contributed by atoms with Gasteiger partial charge in [-0.25, -0.2) is 13.6 Å². The summed E-state index contributed by atoms with van der Waals surface area (Å²) in [5.74, 6) is 1.81. The normalized spacial score (nSPS) is 23.8. The molecule has 2 N–H and O–H groups in total. The maximum Gasteiger partial charge on any atom is 0.329 e. The fourth-order valence-electron chi connectivity index (χ4n) is 13.6. The number of anilines is 1. The molecule has 1 spiro atoms. The van der Waals surface area contributed by atoms with Crippen LogP contribution in [-0.4, -0.2) is 130 Å². The lowest BCUT2D eigenvalue weighted by Gasteiger charge is -2.58. The molecule has 0 radical (unpaired) electrons. The van der Waals surface area contributed by atoms with Gasteiger partial charge in [0.15, 0.2) is 5.82 Å². The van der Waals surface area contributed by atoms with E-state index in [1.54, 1.807) is 46.6 Å². The summed E-state index contributed by atoms with van der Waals surface area (Å²) in [7, 11) is 5.01. The molecule has 3 aromatic heterocycles. The number of likely N-dealkylation sites (tertiary alicyclic amines) is 1. The fraction of sp³-hybridized carbons (Fsp3) is 0.491. The van der Waals surface area contributed by atoms with Crippen LogP contribution >= 0.6 is 0 Å². The molecule has 2 bridgehead atoms. The van der Waals surface area contributed by atoms with Gasteiger partial charge in [0, 0.05) is 93.5 Å². The zero-order valence-corrected chi connectivity index (χ0v) is 42.8. The number of nitrogens with one attached hydrogen (secondary N) is 2. The monoisotopic (exact) mass is 1020 g/mol. The Morgan fingerprint density at radius 1 is 0.947 bits per heavy atom. The number of amides is 3. The SMILES string of the molecule is C#Cc1c(F)ccc2cccc(-c3ncc4c(N5CC6CCC(C5)N6)nc(OC)nc4c3F)c12.COCC1CCC2CCCN21.Cn1c(=O)n(C2CCC(=O)NC2=O)c2cccc(CCC3CC4(C3)CN(C=O)C4)c21. The van der Waals surface area contributed by atoms with E-state index in [4.69, 9.17) is 15.9 Å². The summed E-state index contributed by atoms with van der Waals surface area (Å²) in [6.45, 7) is 5.58. The van der Waals surface area contributed by atoms with Gasteiger partial charge in [0.2, 0.25) is 18.2 Å². The molecular formula is C57H64F2N10O6. The van der Waals surface area contributed by atoms with Crippen LogP contribution < -0.4 is 26.0 Å². The van der Waals surface area contributed by atoms with Crippen molar-refractivity contribution in [3.8, 4) is 29.6 Å². The zero-order chi connectivity index (χ0) is 52.1. The first kappa shape index (κ1) is 50.4. The molecule has 16 nitrogen and oxygen atoms in total. The molecule has 6 saturated heterocycles. The fourth-order valence-corrected chi connectivity index (χ4v) is 13.6. The van der Waals surface area contributed by atoms with Gasteiger partial charge in [-0.15, -0.1) is 6.42 Å². The predicted molar refractivity (Wildman–Crippen MR) is 281 cm³/mol. The summed E-state index contributed by atoms with van der Waals surface area (Å²) < 4.78 is 44.2. The molecule has 7 fully saturated rings. The molecule has 75 heavy (non-hydrogen) atoms. The summed E-state index contributed by atoms with van der Waals surface area (Å²) in [5, 5.41) is 7.59. The average molecular weight is 1020 g/mol. The number of pyridine rings is 1. The lowest BCUT2D eigenvalue weighted by atomic mass is 9.57. The van der Waals surface area contributed by atoms with Crippen molar-refractivity contribution < 1.29 is 32.6 Å². The summed E-state index contributed by atoms with van der Waals surface area (Å²) in [5.41, 5.74) is 3.51. The second-order valence-electron chi connectivity index (χ2n) is 21.7. The molecule has 5 unspecified atom stereocenters. The lowest BCUT2D eigenvalue weighted by Crippen LogP contribution is -2.61. The van der Waals surface area contributed by atoms with Crippen LogP contribution in [0, 0.1) is 35.3 Å². The van der Waals surface area contributed by atoms with E-state index in [1.807, 2.05) is 24.1 Å². The Hall–Kier alpha value is -6.81. The minimum Gasteiger partial charge on any atom is -0.467 e. The van der Waals surface area contributed by atoms with Crippen molar-refractivity contribution in [1.82, 2.24) is 44.5 Å². The minimum absolute atomic E-state index is 0.0484. The van der Waals surface area contributed by atoms with Gasteiger partial charge >= 0.3 is 11.7 Å². The molecule has 3 aromatic carbocycles. The maximum absolute atomic E-state index is 16.1. The van der Waals surface area contributed by atoms with E-state index in [0.29, 0.717) is 57.4 Å². The molecule has 6 aliphatic heterocycles. The van der Waals surface area contributed by atoms with Crippen molar-refractivity contribution in [2.45, 2.75) is 107 Å². The largest absolute Gasteiger partial charge is 0.467 e. The van der Waals surface area contributed by atoms with E-state index >= 15 is 4.39 Å². The first-order valence-electron chi connectivity index (χ1n) is 26.5. The van der Waals surface area contributed by atoms with Crippen molar-refractivity contribution in [1.29, 1.82) is 0 Å². The molecule has 1 saturated carbocycles. The molecule has 9 heterocycles. The minimum atomic E-state index is -0.653. The number of piperidine rings is 1. The van der Waals surface area contributed by atoms with E-state index < -0.39 is 23.6 Å². The molecule has 7 aliphatic rings. The molecule has 5 atom stereocenters. The van der Waals surface area contributed by atoms with Gasteiger partial charge in [0.05, 0.1) is 35.7 Å². The average Bonchev–Trinajstić information content (AvgIpc) is 4.17. The third-order valence-corrected chi connectivity index (χ3v) is 17.0. The van der Waals surface area contributed by atoms with Gasteiger partial charge in [0.1, 0.15) is 28.9 Å². The summed E-state index contributed by atoms with van der Waals surface area (Å²) in [6.07, 6.45) is 20.8. The topological polar surface area (TPSA) is 169 Å². The number of terminal acetylenes is 1. The number of piperazine rings is 1. The number of para-hydroxylation sites is 1. The molecule has 18 heteroatoms. The number of carbonyl (C=O) groups excluding carboxylic acids is 3. The molecule has 392 valence electrons. The van der Waals surface area contributed by atoms with Crippen LogP contribution in [0.1, 0.15) is 87.8 Å². The van der Waals surface area contributed by atoms with Crippen LogP contribution in [0.5, 0.6) is 6.01 Å². The second kappa shape index (κ2) is 20.7. The first-order valence-corrected chi connectivity index (χ1v) is 26.5. The van der Waals surface area contributed by atoms with E-state index in [2.05, 4.69) is 47.4 Å². The number of fused-ring (bicyclic) bond motifs is 6. The van der Waals surface area contributed by atoms with Crippen molar-refractivity contribution in [2.75, 3.05) is 58.5 Å².